The van der Waals surface area contributed by atoms with E-state index in [-0.39, 0.29) is 0 Å². The van der Waals surface area contributed by atoms with Gasteiger partial charge >= 0.3 is 0 Å². The second-order valence-corrected chi connectivity index (χ2v) is 5.33. The van der Waals surface area contributed by atoms with Gasteiger partial charge in [0.2, 0.25) is 0 Å². The summed E-state index contributed by atoms with van der Waals surface area (Å²) >= 11 is 0. The van der Waals surface area contributed by atoms with Crippen LogP contribution in [-0.2, 0) is 19.3 Å². The average Bonchev–Trinajstić information content (AvgIpc) is 2.48. The molecule has 1 aliphatic heterocycles. The van der Waals surface area contributed by atoms with E-state index in [9.17, 15) is 0 Å². The molecule has 2 aromatic carbocycles. The van der Waals surface area contributed by atoms with Gasteiger partial charge in [-0.3, -0.25) is 0 Å². The van der Waals surface area contributed by atoms with Gasteiger partial charge in [0, 0.05) is 12.2 Å². The van der Waals surface area contributed by atoms with E-state index < -0.39 is 0 Å². The second-order valence-electron chi connectivity index (χ2n) is 5.33. The molecule has 0 saturated carbocycles. The molecule has 0 amide bonds. The first-order valence-corrected chi connectivity index (χ1v) is 7.29. The van der Waals surface area contributed by atoms with Crippen LogP contribution in [0.1, 0.15) is 35.6 Å². The van der Waals surface area contributed by atoms with Gasteiger partial charge in [-0.1, -0.05) is 49.4 Å². The molecule has 1 N–H and O–H groups in total. The molecule has 0 atom stereocenters. The largest absolute Gasteiger partial charge is 0.385 e. The van der Waals surface area contributed by atoms with Gasteiger partial charge in [0.15, 0.2) is 0 Å². The highest BCUT2D eigenvalue weighted by Crippen LogP contribution is 2.27. The molecule has 0 aliphatic carbocycles. The Bertz CT molecular complexity index is 554. The molecule has 98 valence electrons. The lowest BCUT2D eigenvalue weighted by molar-refractivity contribution is 0.825. The third kappa shape index (κ3) is 2.65. The summed E-state index contributed by atoms with van der Waals surface area (Å²) in [5, 5.41) is 3.57. The Labute approximate surface area is 115 Å². The molecule has 0 saturated heterocycles. The molecule has 1 heterocycles. The number of nitrogens with one attached hydrogen (secondary N) is 1. The number of para-hydroxylation sites is 1. The van der Waals surface area contributed by atoms with Crippen molar-refractivity contribution in [2.45, 2.75) is 32.6 Å². The first kappa shape index (κ1) is 12.3. The molecule has 0 radical (unpaired) electrons. The topological polar surface area (TPSA) is 12.0 Å². The Kier molecular flexibility index (Phi) is 3.54. The van der Waals surface area contributed by atoms with Crippen molar-refractivity contribution >= 4 is 5.69 Å². The fraction of sp³-hybridized carbons (Fsp3) is 0.333. The number of anilines is 1. The van der Waals surface area contributed by atoms with Gasteiger partial charge < -0.3 is 5.32 Å². The molecular formula is C18H21N. The van der Waals surface area contributed by atoms with Gasteiger partial charge in [-0.25, -0.2) is 0 Å². The monoisotopic (exact) mass is 251 g/mol. The van der Waals surface area contributed by atoms with Crippen molar-refractivity contribution in [3.8, 4) is 0 Å². The lowest BCUT2D eigenvalue weighted by Gasteiger charge is -2.21. The van der Waals surface area contributed by atoms with Crippen molar-refractivity contribution in [3.05, 3.63) is 64.7 Å². The van der Waals surface area contributed by atoms with Crippen molar-refractivity contribution in [1.82, 2.24) is 0 Å². The fourth-order valence-corrected chi connectivity index (χ4v) is 2.84. The SMILES string of the molecule is CCc1ccc(Cc2cccc3c2NCCC3)cc1. The van der Waals surface area contributed by atoms with Crippen LogP contribution in [0.2, 0.25) is 0 Å². The highest BCUT2D eigenvalue weighted by Gasteiger charge is 2.12. The number of rotatable bonds is 3. The highest BCUT2D eigenvalue weighted by atomic mass is 14.9. The van der Waals surface area contributed by atoms with E-state index in [2.05, 4.69) is 54.7 Å². The van der Waals surface area contributed by atoms with Crippen LogP contribution in [0.15, 0.2) is 42.5 Å². The summed E-state index contributed by atoms with van der Waals surface area (Å²) < 4.78 is 0. The summed E-state index contributed by atoms with van der Waals surface area (Å²) in [7, 11) is 0. The number of fused-ring (bicyclic) bond motifs is 1. The Hall–Kier alpha value is -1.76. The Morgan fingerprint density at radius 1 is 1.00 bits per heavy atom. The molecule has 0 fully saturated rings. The number of hydrogen-bond donors (Lipinski definition) is 1. The summed E-state index contributed by atoms with van der Waals surface area (Å²) in [4.78, 5) is 0. The second kappa shape index (κ2) is 5.48. The summed E-state index contributed by atoms with van der Waals surface area (Å²) in [6.07, 6.45) is 4.61. The molecule has 0 unspecified atom stereocenters. The smallest absolute Gasteiger partial charge is 0.0408 e. The molecule has 0 spiro atoms. The first-order chi connectivity index (χ1) is 9.36. The van der Waals surface area contributed by atoms with Crippen LogP contribution in [0.5, 0.6) is 0 Å². The van der Waals surface area contributed by atoms with Crippen LogP contribution in [0.25, 0.3) is 0 Å². The number of hydrogen-bond acceptors (Lipinski definition) is 1. The standard InChI is InChI=1S/C18H21N/c1-2-14-8-10-15(11-9-14)13-17-6-3-5-16-7-4-12-19-18(16)17/h3,5-6,8-11,19H,2,4,7,12-13H2,1H3. The molecular weight excluding hydrogens is 230 g/mol. The Morgan fingerprint density at radius 2 is 1.79 bits per heavy atom. The number of aryl methyl sites for hydroxylation is 2. The normalized spacial score (nSPS) is 13.7. The minimum atomic E-state index is 1.03. The summed E-state index contributed by atoms with van der Waals surface area (Å²) in [5.41, 5.74) is 7.11. The zero-order chi connectivity index (χ0) is 13.1. The van der Waals surface area contributed by atoms with Crippen molar-refractivity contribution < 1.29 is 0 Å². The molecule has 1 nitrogen and oxygen atoms in total. The van der Waals surface area contributed by atoms with Gasteiger partial charge in [-0.2, -0.15) is 0 Å². The maximum atomic E-state index is 3.57. The third-order valence-electron chi connectivity index (χ3n) is 3.99. The molecule has 1 aliphatic rings. The molecule has 1 heteroatoms. The quantitative estimate of drug-likeness (QED) is 0.862. The zero-order valence-electron chi connectivity index (χ0n) is 11.6. The lowest BCUT2D eigenvalue weighted by Crippen LogP contribution is -2.13. The van der Waals surface area contributed by atoms with Crippen molar-refractivity contribution in [2.75, 3.05) is 11.9 Å². The molecule has 0 bridgehead atoms. The molecule has 3 rings (SSSR count). The van der Waals surface area contributed by atoms with Crippen LogP contribution in [0, 0.1) is 0 Å². The van der Waals surface area contributed by atoms with Crippen LogP contribution in [-0.4, -0.2) is 6.54 Å². The predicted octanol–water partition coefficient (Wildman–Crippen LogP) is 4.20. The van der Waals surface area contributed by atoms with Gasteiger partial charge in [-0.05, 0) is 47.9 Å². The molecule has 0 aromatic heterocycles. The van der Waals surface area contributed by atoms with E-state index >= 15 is 0 Å². The minimum absolute atomic E-state index is 1.03. The lowest BCUT2D eigenvalue weighted by atomic mass is 9.95. The van der Waals surface area contributed by atoms with Crippen LogP contribution in [0.4, 0.5) is 5.69 Å². The Balaban J connectivity index is 1.86. The summed E-state index contributed by atoms with van der Waals surface area (Å²) in [6.45, 7) is 3.31. The van der Waals surface area contributed by atoms with Crippen molar-refractivity contribution in [2.24, 2.45) is 0 Å². The third-order valence-corrected chi connectivity index (χ3v) is 3.99. The fourth-order valence-electron chi connectivity index (χ4n) is 2.84. The van der Waals surface area contributed by atoms with Crippen molar-refractivity contribution in [3.63, 3.8) is 0 Å². The van der Waals surface area contributed by atoms with Crippen molar-refractivity contribution in [1.29, 1.82) is 0 Å². The zero-order valence-corrected chi connectivity index (χ0v) is 11.6. The van der Waals surface area contributed by atoms with Gasteiger partial charge in [0.05, 0.1) is 0 Å². The van der Waals surface area contributed by atoms with Gasteiger partial charge in [0.1, 0.15) is 0 Å². The van der Waals surface area contributed by atoms with Gasteiger partial charge in [0.25, 0.3) is 0 Å². The van der Waals surface area contributed by atoms with E-state index in [1.54, 1.807) is 0 Å². The average molecular weight is 251 g/mol. The summed E-state index contributed by atoms with van der Waals surface area (Å²) in [6, 6.07) is 15.7. The Morgan fingerprint density at radius 3 is 2.58 bits per heavy atom. The van der Waals surface area contributed by atoms with E-state index in [4.69, 9.17) is 0 Å². The van der Waals surface area contributed by atoms with Crippen LogP contribution in [0.3, 0.4) is 0 Å². The maximum absolute atomic E-state index is 3.57. The minimum Gasteiger partial charge on any atom is -0.385 e. The molecule has 2 aromatic rings. The van der Waals surface area contributed by atoms with Crippen LogP contribution < -0.4 is 5.32 Å². The maximum Gasteiger partial charge on any atom is 0.0408 e. The highest BCUT2D eigenvalue weighted by molar-refractivity contribution is 5.60. The van der Waals surface area contributed by atoms with Crippen LogP contribution >= 0.6 is 0 Å². The first-order valence-electron chi connectivity index (χ1n) is 7.29. The van der Waals surface area contributed by atoms with Gasteiger partial charge in [-0.15, -0.1) is 0 Å². The number of benzene rings is 2. The van der Waals surface area contributed by atoms with E-state index in [1.807, 2.05) is 0 Å². The van der Waals surface area contributed by atoms with E-state index in [1.165, 1.54) is 40.8 Å². The summed E-state index contributed by atoms with van der Waals surface area (Å²) in [5.74, 6) is 0. The van der Waals surface area contributed by atoms with E-state index in [0.717, 1.165) is 19.4 Å². The predicted molar refractivity (Wildman–Crippen MR) is 81.9 cm³/mol. The van der Waals surface area contributed by atoms with E-state index in [0.29, 0.717) is 0 Å². The molecule has 19 heavy (non-hydrogen) atoms.